The second-order valence-corrected chi connectivity index (χ2v) is 3.56. The molecule has 0 unspecified atom stereocenters. The van der Waals surface area contributed by atoms with Gasteiger partial charge in [-0.1, -0.05) is 0 Å². The quantitative estimate of drug-likeness (QED) is 0.663. The molecule has 0 fully saturated rings. The lowest BCUT2D eigenvalue weighted by Gasteiger charge is -2.18. The fraction of sp³-hybridized carbons (Fsp3) is 0.500. The topological polar surface area (TPSA) is 78.3 Å². The maximum Gasteiger partial charge on any atom is 0.376 e. The van der Waals surface area contributed by atoms with Crippen molar-refractivity contribution in [3.8, 4) is 0 Å². The first-order valence-electron chi connectivity index (χ1n) is 3.83. The third kappa shape index (κ3) is 2.77. The number of nitrogen functional groups attached to an aromatic ring is 1. The molecule has 0 saturated heterocycles. The molecule has 1 heterocycles. The molecule has 5 nitrogen and oxygen atoms in total. The van der Waals surface area contributed by atoms with Gasteiger partial charge in [-0.25, -0.2) is 9.78 Å². The van der Waals surface area contributed by atoms with Gasteiger partial charge < -0.3 is 14.9 Å². The average molecular weight is 184 g/mol. The van der Waals surface area contributed by atoms with Crippen LogP contribution < -0.4 is 5.73 Å². The number of hydrogen-bond donors (Lipinski definition) is 1. The van der Waals surface area contributed by atoms with Crippen molar-refractivity contribution in [1.82, 2.24) is 4.98 Å². The number of aromatic nitrogens is 1. The van der Waals surface area contributed by atoms with Gasteiger partial charge in [-0.15, -0.1) is 0 Å². The lowest BCUT2D eigenvalue weighted by molar-refractivity contribution is 0.00371. The van der Waals surface area contributed by atoms with Gasteiger partial charge in [0.15, 0.2) is 0 Å². The van der Waals surface area contributed by atoms with E-state index in [0.29, 0.717) is 0 Å². The SMILES string of the molecule is CC(C)(C)OC(=O)c1cnc(N)o1. The maximum absolute atomic E-state index is 11.3. The molecule has 5 heteroatoms. The van der Waals surface area contributed by atoms with Crippen LogP contribution >= 0.6 is 0 Å². The predicted octanol–water partition coefficient (Wildman–Crippen LogP) is 1.21. The first-order chi connectivity index (χ1) is 5.88. The molecule has 0 aliphatic carbocycles. The van der Waals surface area contributed by atoms with E-state index in [-0.39, 0.29) is 11.8 Å². The van der Waals surface area contributed by atoms with Gasteiger partial charge in [-0.2, -0.15) is 0 Å². The summed E-state index contributed by atoms with van der Waals surface area (Å²) in [4.78, 5) is 14.8. The standard InChI is InChI=1S/C8H12N2O3/c1-8(2,3)13-6(11)5-4-10-7(9)12-5/h4H,1-3H3,(H2,9,10). The normalized spacial score (nSPS) is 11.3. The highest BCUT2D eigenvalue weighted by Gasteiger charge is 2.20. The first-order valence-corrected chi connectivity index (χ1v) is 3.83. The molecule has 13 heavy (non-hydrogen) atoms. The number of anilines is 1. The summed E-state index contributed by atoms with van der Waals surface area (Å²) in [7, 11) is 0. The van der Waals surface area contributed by atoms with Gasteiger partial charge in [0.1, 0.15) is 5.60 Å². The summed E-state index contributed by atoms with van der Waals surface area (Å²) in [5.74, 6) is -0.538. The molecule has 72 valence electrons. The Bertz CT molecular complexity index is 311. The van der Waals surface area contributed by atoms with Gasteiger partial charge in [0, 0.05) is 0 Å². The Balaban J connectivity index is 2.70. The molecule has 0 aromatic carbocycles. The zero-order valence-electron chi connectivity index (χ0n) is 7.83. The minimum atomic E-state index is -0.559. The van der Waals surface area contributed by atoms with Crippen molar-refractivity contribution in [3.05, 3.63) is 12.0 Å². The maximum atomic E-state index is 11.3. The number of oxazole rings is 1. The number of nitrogens with zero attached hydrogens (tertiary/aromatic N) is 1. The highest BCUT2D eigenvalue weighted by Crippen LogP contribution is 2.13. The van der Waals surface area contributed by atoms with E-state index in [1.54, 1.807) is 20.8 Å². The molecule has 0 aliphatic heterocycles. The van der Waals surface area contributed by atoms with E-state index in [1.165, 1.54) is 6.20 Å². The second-order valence-electron chi connectivity index (χ2n) is 3.56. The molecule has 2 N–H and O–H groups in total. The Morgan fingerprint density at radius 2 is 2.23 bits per heavy atom. The highest BCUT2D eigenvalue weighted by molar-refractivity contribution is 5.86. The highest BCUT2D eigenvalue weighted by atomic mass is 16.6. The van der Waals surface area contributed by atoms with E-state index in [9.17, 15) is 4.79 Å². The van der Waals surface area contributed by atoms with Crippen LogP contribution in [0, 0.1) is 0 Å². The van der Waals surface area contributed by atoms with Crippen LogP contribution in [-0.2, 0) is 4.74 Å². The molecule has 0 saturated carbocycles. The van der Waals surface area contributed by atoms with Crippen LogP contribution in [0.4, 0.5) is 6.01 Å². The van der Waals surface area contributed by atoms with E-state index in [1.807, 2.05) is 0 Å². The van der Waals surface area contributed by atoms with Crippen LogP contribution in [0.5, 0.6) is 0 Å². The zero-order valence-corrected chi connectivity index (χ0v) is 7.83. The van der Waals surface area contributed by atoms with Crippen molar-refractivity contribution in [1.29, 1.82) is 0 Å². The van der Waals surface area contributed by atoms with Gasteiger partial charge in [0.25, 0.3) is 6.01 Å². The molecule has 1 aromatic heterocycles. The van der Waals surface area contributed by atoms with Gasteiger partial charge in [-0.05, 0) is 20.8 Å². The summed E-state index contributed by atoms with van der Waals surface area (Å²) in [6, 6.07) is -0.0409. The van der Waals surface area contributed by atoms with E-state index in [4.69, 9.17) is 14.9 Å². The van der Waals surface area contributed by atoms with Gasteiger partial charge >= 0.3 is 5.97 Å². The fourth-order valence-corrected chi connectivity index (χ4v) is 0.710. The van der Waals surface area contributed by atoms with Crippen LogP contribution in [0.15, 0.2) is 10.6 Å². The zero-order chi connectivity index (χ0) is 10.1. The van der Waals surface area contributed by atoms with Crippen LogP contribution in [0.3, 0.4) is 0 Å². The molecular weight excluding hydrogens is 172 g/mol. The number of carbonyl (C=O) groups excluding carboxylic acids is 1. The fourth-order valence-electron chi connectivity index (χ4n) is 0.710. The molecular formula is C8H12N2O3. The Hall–Kier alpha value is -1.52. The van der Waals surface area contributed by atoms with E-state index >= 15 is 0 Å². The van der Waals surface area contributed by atoms with Crippen LogP contribution in [0.1, 0.15) is 31.3 Å². The van der Waals surface area contributed by atoms with Crippen molar-refractivity contribution < 1.29 is 13.9 Å². The van der Waals surface area contributed by atoms with Crippen molar-refractivity contribution in [3.63, 3.8) is 0 Å². The number of ether oxygens (including phenoxy) is 1. The molecule has 0 spiro atoms. The number of rotatable bonds is 1. The summed E-state index contributed by atoms with van der Waals surface area (Å²) >= 11 is 0. The van der Waals surface area contributed by atoms with Gasteiger partial charge in [0.2, 0.25) is 5.76 Å². The summed E-state index contributed by atoms with van der Waals surface area (Å²) in [6.45, 7) is 5.31. The lowest BCUT2D eigenvalue weighted by atomic mass is 10.2. The second kappa shape index (κ2) is 3.08. The van der Waals surface area contributed by atoms with E-state index in [2.05, 4.69) is 4.98 Å². The van der Waals surface area contributed by atoms with Crippen LogP contribution in [0.2, 0.25) is 0 Å². The number of nitrogens with two attached hydrogens (primary N) is 1. The minimum Gasteiger partial charge on any atom is -0.454 e. The van der Waals surface area contributed by atoms with Crippen molar-refractivity contribution in [2.75, 3.05) is 5.73 Å². The van der Waals surface area contributed by atoms with Gasteiger partial charge in [0.05, 0.1) is 6.20 Å². The van der Waals surface area contributed by atoms with Crippen molar-refractivity contribution >= 4 is 12.0 Å². The number of carbonyl (C=O) groups is 1. The molecule has 1 rings (SSSR count). The van der Waals surface area contributed by atoms with Crippen molar-refractivity contribution in [2.24, 2.45) is 0 Å². The Labute approximate surface area is 75.9 Å². The van der Waals surface area contributed by atoms with Crippen LogP contribution in [0.25, 0.3) is 0 Å². The summed E-state index contributed by atoms with van der Waals surface area (Å²) in [5, 5.41) is 0. The van der Waals surface area contributed by atoms with Gasteiger partial charge in [-0.3, -0.25) is 0 Å². The number of esters is 1. The smallest absolute Gasteiger partial charge is 0.376 e. The molecule has 0 amide bonds. The Morgan fingerprint density at radius 1 is 1.62 bits per heavy atom. The average Bonchev–Trinajstić information content (AvgIpc) is 2.31. The Morgan fingerprint density at radius 3 is 2.62 bits per heavy atom. The lowest BCUT2D eigenvalue weighted by Crippen LogP contribution is -2.23. The van der Waals surface area contributed by atoms with Crippen molar-refractivity contribution in [2.45, 2.75) is 26.4 Å². The summed E-state index contributed by atoms with van der Waals surface area (Å²) in [6.07, 6.45) is 1.24. The van der Waals surface area contributed by atoms with Crippen LogP contribution in [-0.4, -0.2) is 16.6 Å². The summed E-state index contributed by atoms with van der Waals surface area (Å²) < 4.78 is 9.79. The molecule has 0 bridgehead atoms. The largest absolute Gasteiger partial charge is 0.454 e. The number of hydrogen-bond acceptors (Lipinski definition) is 5. The summed E-state index contributed by atoms with van der Waals surface area (Å²) in [5.41, 5.74) is 4.65. The Kier molecular flexibility index (Phi) is 2.27. The third-order valence-electron chi connectivity index (χ3n) is 1.12. The third-order valence-corrected chi connectivity index (χ3v) is 1.12. The molecule has 0 radical (unpaired) electrons. The molecule has 1 aromatic rings. The predicted molar refractivity (Wildman–Crippen MR) is 46.1 cm³/mol. The monoisotopic (exact) mass is 184 g/mol. The molecule has 0 aliphatic rings. The van der Waals surface area contributed by atoms with E-state index in [0.717, 1.165) is 0 Å². The minimum absolute atomic E-state index is 0.0208. The van der Waals surface area contributed by atoms with E-state index < -0.39 is 11.6 Å². The first kappa shape index (κ1) is 9.57. The molecule has 0 atom stereocenters.